The normalized spacial score (nSPS) is 14.5. The van der Waals surface area contributed by atoms with E-state index in [4.69, 9.17) is 4.98 Å². The Morgan fingerprint density at radius 2 is 1.73 bits per heavy atom. The van der Waals surface area contributed by atoms with E-state index < -0.39 is 0 Å². The number of benzene rings is 2. The van der Waals surface area contributed by atoms with E-state index >= 15 is 0 Å². The van der Waals surface area contributed by atoms with Crippen molar-refractivity contribution >= 4 is 17.3 Å². The first kappa shape index (κ1) is 21.5. The molecular formula is C27H32N6. The highest BCUT2D eigenvalue weighted by Crippen LogP contribution is 2.23. The van der Waals surface area contributed by atoms with Crippen molar-refractivity contribution in [2.75, 3.05) is 30.3 Å². The fourth-order valence-electron chi connectivity index (χ4n) is 4.45. The van der Waals surface area contributed by atoms with Crippen LogP contribution >= 0.6 is 0 Å². The van der Waals surface area contributed by atoms with Crippen molar-refractivity contribution in [2.45, 2.75) is 32.7 Å². The predicted octanol–water partition coefficient (Wildman–Crippen LogP) is 4.98. The third kappa shape index (κ3) is 5.01. The molecule has 0 amide bonds. The summed E-state index contributed by atoms with van der Waals surface area (Å²) in [6, 6.07) is 21.3. The summed E-state index contributed by atoms with van der Waals surface area (Å²) in [5, 5.41) is 15.2. The van der Waals surface area contributed by atoms with Gasteiger partial charge in [0.1, 0.15) is 11.6 Å². The van der Waals surface area contributed by atoms with Crippen LogP contribution in [0.4, 0.5) is 11.6 Å². The molecule has 0 bridgehead atoms. The minimum absolute atomic E-state index is 0.694. The highest BCUT2D eigenvalue weighted by atomic mass is 15.3. The average molecular weight is 441 g/mol. The Bertz CT molecular complexity index is 1180. The zero-order valence-corrected chi connectivity index (χ0v) is 19.2. The van der Waals surface area contributed by atoms with Gasteiger partial charge in [-0.2, -0.15) is 9.61 Å². The first-order valence-corrected chi connectivity index (χ1v) is 12.0. The molecule has 3 N–H and O–H groups in total. The first-order chi connectivity index (χ1) is 16.3. The molecule has 1 aliphatic rings. The van der Waals surface area contributed by atoms with E-state index in [1.165, 1.54) is 29.5 Å². The van der Waals surface area contributed by atoms with Crippen LogP contribution in [0.15, 0.2) is 66.9 Å². The molecule has 0 atom stereocenters. The number of fused-ring (bicyclic) bond motifs is 1. The number of hydrogen-bond acceptors (Lipinski definition) is 5. The van der Waals surface area contributed by atoms with Crippen LogP contribution in [0.25, 0.3) is 16.8 Å². The molecule has 33 heavy (non-hydrogen) atoms. The maximum Gasteiger partial charge on any atom is 0.162 e. The minimum atomic E-state index is 0.694. The van der Waals surface area contributed by atoms with Crippen LogP contribution < -0.4 is 16.0 Å². The molecular weight excluding hydrogens is 408 g/mol. The van der Waals surface area contributed by atoms with Crippen LogP contribution in [-0.2, 0) is 13.0 Å². The van der Waals surface area contributed by atoms with Crippen LogP contribution in [0.5, 0.6) is 0 Å². The van der Waals surface area contributed by atoms with Crippen molar-refractivity contribution < 1.29 is 0 Å². The van der Waals surface area contributed by atoms with E-state index in [2.05, 4.69) is 82.6 Å². The molecule has 5 rings (SSSR count). The summed E-state index contributed by atoms with van der Waals surface area (Å²) in [4.78, 5) is 4.88. The van der Waals surface area contributed by atoms with E-state index in [1.54, 1.807) is 0 Å². The number of rotatable bonds is 8. The van der Waals surface area contributed by atoms with Gasteiger partial charge in [0.15, 0.2) is 5.65 Å². The number of aryl methyl sites for hydroxylation is 1. The van der Waals surface area contributed by atoms with Crippen molar-refractivity contribution in [3.63, 3.8) is 0 Å². The molecule has 3 heterocycles. The zero-order chi connectivity index (χ0) is 22.5. The summed E-state index contributed by atoms with van der Waals surface area (Å²) in [7, 11) is 0. The SMILES string of the molecule is CCc1cnn2c(NCc3ccc(-c4ccccc4)cc3)cc(NCC3CCNCC3)nc12. The number of piperidine rings is 1. The monoisotopic (exact) mass is 440 g/mol. The lowest BCUT2D eigenvalue weighted by molar-refractivity contribution is 0.389. The quantitative estimate of drug-likeness (QED) is 0.361. The standard InChI is InChI=1S/C27H32N6/c1-2-22-19-31-33-26(16-25(32-27(22)33)29-17-21-12-14-28-15-13-21)30-18-20-8-10-24(11-9-20)23-6-4-3-5-7-23/h3-11,16,19,21,28,30H,2,12-15,17-18H2,1H3,(H,29,32). The largest absolute Gasteiger partial charge is 0.370 e. The van der Waals surface area contributed by atoms with Crippen LogP contribution in [0.2, 0.25) is 0 Å². The summed E-state index contributed by atoms with van der Waals surface area (Å²) >= 11 is 0. The second kappa shape index (κ2) is 10.0. The van der Waals surface area contributed by atoms with Gasteiger partial charge in [0, 0.05) is 24.7 Å². The second-order valence-corrected chi connectivity index (χ2v) is 8.78. The molecule has 0 unspecified atom stereocenters. The number of hydrogen-bond donors (Lipinski definition) is 3. The Morgan fingerprint density at radius 3 is 2.48 bits per heavy atom. The highest BCUT2D eigenvalue weighted by molar-refractivity contribution is 5.64. The smallest absolute Gasteiger partial charge is 0.162 e. The highest BCUT2D eigenvalue weighted by Gasteiger charge is 2.15. The van der Waals surface area contributed by atoms with Crippen LogP contribution in [-0.4, -0.2) is 34.2 Å². The first-order valence-electron chi connectivity index (χ1n) is 12.0. The van der Waals surface area contributed by atoms with Crippen molar-refractivity contribution in [2.24, 2.45) is 5.92 Å². The third-order valence-electron chi connectivity index (χ3n) is 6.49. The molecule has 4 aromatic rings. The van der Waals surface area contributed by atoms with E-state index in [0.717, 1.165) is 55.4 Å². The molecule has 1 saturated heterocycles. The summed E-state index contributed by atoms with van der Waals surface area (Å²) in [5.41, 5.74) is 5.79. The molecule has 6 heteroatoms. The zero-order valence-electron chi connectivity index (χ0n) is 19.2. The van der Waals surface area contributed by atoms with Gasteiger partial charge in [-0.25, -0.2) is 4.98 Å². The average Bonchev–Trinajstić information content (AvgIpc) is 3.31. The van der Waals surface area contributed by atoms with E-state index in [-0.39, 0.29) is 0 Å². The topological polar surface area (TPSA) is 66.3 Å². The molecule has 2 aromatic heterocycles. The lowest BCUT2D eigenvalue weighted by atomic mass is 9.98. The lowest BCUT2D eigenvalue weighted by Gasteiger charge is -2.23. The van der Waals surface area contributed by atoms with E-state index in [1.807, 2.05) is 16.8 Å². The Hall–Kier alpha value is -3.38. The summed E-state index contributed by atoms with van der Waals surface area (Å²) in [6.07, 6.45) is 5.27. The molecule has 1 aliphatic heterocycles. The fourth-order valence-corrected chi connectivity index (χ4v) is 4.45. The van der Waals surface area contributed by atoms with Gasteiger partial charge in [-0.15, -0.1) is 0 Å². The van der Waals surface area contributed by atoms with Gasteiger partial charge in [0.25, 0.3) is 0 Å². The Kier molecular flexibility index (Phi) is 6.53. The third-order valence-corrected chi connectivity index (χ3v) is 6.49. The number of nitrogens with one attached hydrogen (secondary N) is 3. The maximum atomic E-state index is 4.88. The van der Waals surface area contributed by atoms with Crippen LogP contribution in [0.1, 0.15) is 30.9 Å². The number of anilines is 2. The van der Waals surface area contributed by atoms with Gasteiger partial charge in [0.2, 0.25) is 0 Å². The Morgan fingerprint density at radius 1 is 0.970 bits per heavy atom. The van der Waals surface area contributed by atoms with Crippen molar-refractivity contribution in [1.82, 2.24) is 19.9 Å². The molecule has 2 aromatic carbocycles. The Balaban J connectivity index is 1.32. The predicted molar refractivity (Wildman–Crippen MR) is 136 cm³/mol. The summed E-state index contributed by atoms with van der Waals surface area (Å²) in [6.45, 7) is 6.05. The van der Waals surface area contributed by atoms with Gasteiger partial charge < -0.3 is 16.0 Å². The fraction of sp³-hybridized carbons (Fsp3) is 0.333. The van der Waals surface area contributed by atoms with Crippen LogP contribution in [0.3, 0.4) is 0 Å². The molecule has 0 aliphatic carbocycles. The van der Waals surface area contributed by atoms with Crippen molar-refractivity contribution in [3.8, 4) is 11.1 Å². The van der Waals surface area contributed by atoms with Gasteiger partial charge in [0.05, 0.1) is 6.20 Å². The second-order valence-electron chi connectivity index (χ2n) is 8.78. The van der Waals surface area contributed by atoms with E-state index in [9.17, 15) is 0 Å². The number of aromatic nitrogens is 3. The molecule has 0 radical (unpaired) electrons. The molecule has 0 spiro atoms. The van der Waals surface area contributed by atoms with Crippen molar-refractivity contribution in [3.05, 3.63) is 78.0 Å². The maximum absolute atomic E-state index is 4.88. The molecule has 1 fully saturated rings. The van der Waals surface area contributed by atoms with Gasteiger partial charge in [-0.05, 0) is 55.0 Å². The van der Waals surface area contributed by atoms with Crippen molar-refractivity contribution in [1.29, 1.82) is 0 Å². The number of nitrogens with zero attached hydrogens (tertiary/aromatic N) is 3. The minimum Gasteiger partial charge on any atom is -0.370 e. The molecule has 6 nitrogen and oxygen atoms in total. The van der Waals surface area contributed by atoms with E-state index in [0.29, 0.717) is 5.92 Å². The Labute approximate surface area is 195 Å². The van der Waals surface area contributed by atoms with Gasteiger partial charge in [-0.1, -0.05) is 61.5 Å². The van der Waals surface area contributed by atoms with Crippen LogP contribution in [0, 0.1) is 5.92 Å². The summed E-state index contributed by atoms with van der Waals surface area (Å²) in [5.74, 6) is 2.57. The van der Waals surface area contributed by atoms with Gasteiger partial charge in [-0.3, -0.25) is 0 Å². The lowest BCUT2D eigenvalue weighted by Crippen LogP contribution is -2.31. The summed E-state index contributed by atoms with van der Waals surface area (Å²) < 4.78 is 1.92. The molecule has 170 valence electrons. The molecule has 0 saturated carbocycles. The van der Waals surface area contributed by atoms with Gasteiger partial charge >= 0.3 is 0 Å².